The number of hydrogen-bond acceptors (Lipinski definition) is 4. The predicted molar refractivity (Wildman–Crippen MR) is 78.8 cm³/mol. The molecule has 0 aromatic carbocycles. The highest BCUT2D eigenvalue weighted by molar-refractivity contribution is 5.31. The minimum atomic E-state index is 0.686. The van der Waals surface area contributed by atoms with Crippen molar-refractivity contribution in [3.63, 3.8) is 0 Å². The summed E-state index contributed by atoms with van der Waals surface area (Å²) in [5, 5.41) is 7.74. The molecule has 1 rings (SSSR count). The van der Waals surface area contributed by atoms with Crippen LogP contribution in [-0.2, 0) is 7.05 Å². The molecule has 19 heavy (non-hydrogen) atoms. The first kappa shape index (κ1) is 16.0. The summed E-state index contributed by atoms with van der Waals surface area (Å²) in [6.45, 7) is 14.3. The number of nitrogens with one attached hydrogen (secondary N) is 1. The highest BCUT2D eigenvalue weighted by Crippen LogP contribution is 2.20. The van der Waals surface area contributed by atoms with Gasteiger partial charge >= 0.3 is 0 Å². The average molecular weight is 268 g/mol. The van der Waals surface area contributed by atoms with E-state index in [0.717, 1.165) is 49.9 Å². The van der Waals surface area contributed by atoms with Crippen LogP contribution in [0.15, 0.2) is 0 Å². The molecule has 0 aliphatic rings. The molecular weight excluding hydrogens is 240 g/mol. The molecule has 0 saturated carbocycles. The first-order valence-electron chi connectivity index (χ1n) is 7.16. The molecular formula is C14H28N4O. The van der Waals surface area contributed by atoms with Gasteiger partial charge in [-0.3, -0.25) is 4.68 Å². The van der Waals surface area contributed by atoms with Crippen molar-refractivity contribution in [2.45, 2.75) is 27.7 Å². The van der Waals surface area contributed by atoms with E-state index in [4.69, 9.17) is 4.74 Å². The number of nitrogens with zero attached hydrogens (tertiary/aromatic N) is 3. The molecule has 110 valence electrons. The molecule has 1 N–H and O–H groups in total. The number of hydrogen-bond donors (Lipinski definition) is 1. The molecule has 0 spiro atoms. The summed E-state index contributed by atoms with van der Waals surface area (Å²) in [4.78, 5) is 2.41. The number of rotatable bonds is 9. The van der Waals surface area contributed by atoms with Crippen LogP contribution < -0.4 is 10.1 Å². The third-order valence-electron chi connectivity index (χ3n) is 3.47. The lowest BCUT2D eigenvalue weighted by Crippen LogP contribution is -2.33. The van der Waals surface area contributed by atoms with Gasteiger partial charge in [0.25, 0.3) is 0 Å². The fraction of sp³-hybridized carbons (Fsp3) is 0.786. The van der Waals surface area contributed by atoms with Crippen LogP contribution in [0.3, 0.4) is 0 Å². The third-order valence-corrected chi connectivity index (χ3v) is 3.47. The van der Waals surface area contributed by atoms with E-state index in [1.807, 2.05) is 25.6 Å². The third kappa shape index (κ3) is 4.84. The van der Waals surface area contributed by atoms with Crippen molar-refractivity contribution in [3.05, 3.63) is 11.4 Å². The van der Waals surface area contributed by atoms with Gasteiger partial charge in [-0.25, -0.2) is 0 Å². The van der Waals surface area contributed by atoms with Crippen LogP contribution in [0.2, 0.25) is 0 Å². The van der Waals surface area contributed by atoms with E-state index in [9.17, 15) is 0 Å². The summed E-state index contributed by atoms with van der Waals surface area (Å²) in [7, 11) is 1.94. The Morgan fingerprint density at radius 3 is 2.42 bits per heavy atom. The molecule has 0 fully saturated rings. The van der Waals surface area contributed by atoms with Crippen molar-refractivity contribution < 1.29 is 4.74 Å². The Morgan fingerprint density at radius 2 is 1.89 bits per heavy atom. The summed E-state index contributed by atoms with van der Waals surface area (Å²) >= 11 is 0. The molecule has 0 radical (unpaired) electrons. The lowest BCUT2D eigenvalue weighted by Gasteiger charge is -2.18. The Labute approximate surface area is 116 Å². The smallest absolute Gasteiger partial charge is 0.163 e. The Morgan fingerprint density at radius 1 is 1.21 bits per heavy atom. The van der Waals surface area contributed by atoms with Crippen LogP contribution >= 0.6 is 0 Å². The van der Waals surface area contributed by atoms with Gasteiger partial charge in [0.15, 0.2) is 5.75 Å². The predicted octanol–water partition coefficient (Wildman–Crippen LogP) is 1.35. The van der Waals surface area contributed by atoms with Crippen molar-refractivity contribution in [1.29, 1.82) is 0 Å². The van der Waals surface area contributed by atoms with Gasteiger partial charge in [-0.05, 0) is 26.9 Å². The van der Waals surface area contributed by atoms with Crippen molar-refractivity contribution in [2.24, 2.45) is 7.05 Å². The molecule has 5 heteroatoms. The molecule has 0 amide bonds. The monoisotopic (exact) mass is 268 g/mol. The van der Waals surface area contributed by atoms with Gasteiger partial charge in [0, 0.05) is 26.7 Å². The Hall–Kier alpha value is -1.07. The Kier molecular flexibility index (Phi) is 6.87. The van der Waals surface area contributed by atoms with Crippen molar-refractivity contribution in [1.82, 2.24) is 20.0 Å². The molecule has 0 aliphatic carbocycles. The van der Waals surface area contributed by atoms with Gasteiger partial charge in [-0.15, -0.1) is 0 Å². The highest BCUT2D eigenvalue weighted by atomic mass is 16.5. The summed E-state index contributed by atoms with van der Waals surface area (Å²) in [6.07, 6.45) is 0. The fourth-order valence-corrected chi connectivity index (χ4v) is 2.09. The molecule has 0 aliphatic heterocycles. The summed E-state index contributed by atoms with van der Waals surface area (Å²) in [6, 6.07) is 0. The van der Waals surface area contributed by atoms with Crippen LogP contribution in [0.1, 0.15) is 25.2 Å². The van der Waals surface area contributed by atoms with E-state index in [1.54, 1.807) is 0 Å². The van der Waals surface area contributed by atoms with E-state index in [0.29, 0.717) is 6.61 Å². The summed E-state index contributed by atoms with van der Waals surface area (Å²) in [5.41, 5.74) is 2.05. The van der Waals surface area contributed by atoms with Crippen molar-refractivity contribution in [2.75, 3.05) is 39.3 Å². The summed E-state index contributed by atoms with van der Waals surface area (Å²) in [5.74, 6) is 0.924. The second-order valence-corrected chi connectivity index (χ2v) is 4.75. The van der Waals surface area contributed by atoms with Gasteiger partial charge in [-0.1, -0.05) is 13.8 Å². The van der Waals surface area contributed by atoms with E-state index < -0.39 is 0 Å². The minimum Gasteiger partial charge on any atom is -0.488 e. The lowest BCUT2D eigenvalue weighted by atomic mass is 10.3. The maximum absolute atomic E-state index is 5.79. The standard InChI is InChI=1S/C14H28N4O/c1-6-18(7-2)10-8-15-9-11-19-14-12(3)16-17(5)13(14)4/h15H,6-11H2,1-5H3. The van der Waals surface area contributed by atoms with Gasteiger partial charge in [0.1, 0.15) is 12.3 Å². The maximum Gasteiger partial charge on any atom is 0.163 e. The normalized spacial score (nSPS) is 11.3. The second kappa shape index (κ2) is 8.17. The first-order valence-corrected chi connectivity index (χ1v) is 7.16. The molecule has 0 saturated heterocycles. The highest BCUT2D eigenvalue weighted by Gasteiger charge is 2.09. The Balaban J connectivity index is 2.17. The molecule has 0 unspecified atom stereocenters. The van der Waals surface area contributed by atoms with Crippen molar-refractivity contribution in [3.8, 4) is 5.75 Å². The summed E-state index contributed by atoms with van der Waals surface area (Å²) < 4.78 is 7.65. The zero-order valence-corrected chi connectivity index (χ0v) is 13.0. The van der Waals surface area contributed by atoms with E-state index in [1.165, 1.54) is 0 Å². The number of aryl methyl sites for hydroxylation is 2. The van der Waals surface area contributed by atoms with E-state index in [2.05, 4.69) is 29.2 Å². The Bertz CT molecular complexity index is 372. The van der Waals surface area contributed by atoms with Gasteiger partial charge in [0.05, 0.1) is 5.69 Å². The molecule has 1 heterocycles. The topological polar surface area (TPSA) is 42.3 Å². The zero-order valence-electron chi connectivity index (χ0n) is 13.0. The second-order valence-electron chi connectivity index (χ2n) is 4.75. The van der Waals surface area contributed by atoms with Crippen LogP contribution in [-0.4, -0.2) is 54.0 Å². The van der Waals surface area contributed by atoms with Crippen LogP contribution in [0.4, 0.5) is 0 Å². The number of aromatic nitrogens is 2. The van der Waals surface area contributed by atoms with Gasteiger partial charge in [0.2, 0.25) is 0 Å². The van der Waals surface area contributed by atoms with Crippen LogP contribution in [0.5, 0.6) is 5.75 Å². The fourth-order valence-electron chi connectivity index (χ4n) is 2.09. The molecule has 1 aromatic heterocycles. The SMILES string of the molecule is CCN(CC)CCNCCOc1c(C)nn(C)c1C. The van der Waals surface area contributed by atoms with Crippen LogP contribution in [0, 0.1) is 13.8 Å². The molecule has 1 aromatic rings. The quantitative estimate of drug-likeness (QED) is 0.687. The van der Waals surface area contributed by atoms with Gasteiger partial charge < -0.3 is 15.0 Å². The van der Waals surface area contributed by atoms with E-state index >= 15 is 0 Å². The van der Waals surface area contributed by atoms with Crippen molar-refractivity contribution >= 4 is 0 Å². The zero-order chi connectivity index (χ0) is 14.3. The maximum atomic E-state index is 5.79. The number of ether oxygens (including phenoxy) is 1. The van der Waals surface area contributed by atoms with Crippen LogP contribution in [0.25, 0.3) is 0 Å². The number of likely N-dealkylation sites (N-methyl/N-ethyl adjacent to an activating group) is 1. The molecule has 5 nitrogen and oxygen atoms in total. The van der Waals surface area contributed by atoms with Gasteiger partial charge in [-0.2, -0.15) is 5.10 Å². The molecule has 0 bridgehead atoms. The minimum absolute atomic E-state index is 0.686. The molecule has 0 atom stereocenters. The largest absolute Gasteiger partial charge is 0.488 e. The first-order chi connectivity index (χ1) is 9.10. The van der Waals surface area contributed by atoms with E-state index in [-0.39, 0.29) is 0 Å². The average Bonchev–Trinajstić information content (AvgIpc) is 2.64. The lowest BCUT2D eigenvalue weighted by molar-refractivity contribution is 0.284.